The Bertz CT molecular complexity index is 659. The van der Waals surface area contributed by atoms with Crippen LogP contribution >= 0.6 is 0 Å². The zero-order valence-corrected chi connectivity index (χ0v) is 15.1. The van der Waals surface area contributed by atoms with E-state index in [2.05, 4.69) is 18.0 Å². The summed E-state index contributed by atoms with van der Waals surface area (Å²) in [4.78, 5) is 14.2. The van der Waals surface area contributed by atoms with Crippen LogP contribution in [0.5, 0.6) is 0 Å². The van der Waals surface area contributed by atoms with Gasteiger partial charge in [-0.25, -0.2) is 4.79 Å². The maximum atomic E-state index is 12.4. The second-order valence-corrected chi connectivity index (χ2v) is 7.66. The van der Waals surface area contributed by atoms with E-state index in [4.69, 9.17) is 4.74 Å². The second-order valence-electron chi connectivity index (χ2n) is 7.66. The van der Waals surface area contributed by atoms with Crippen molar-refractivity contribution in [2.75, 3.05) is 25.0 Å². The molecule has 24 heavy (non-hydrogen) atoms. The molecule has 2 aliphatic rings. The van der Waals surface area contributed by atoms with Gasteiger partial charge in [0.15, 0.2) is 0 Å². The van der Waals surface area contributed by atoms with Gasteiger partial charge in [0.2, 0.25) is 0 Å². The van der Waals surface area contributed by atoms with Gasteiger partial charge < -0.3 is 15.0 Å². The first-order valence-electron chi connectivity index (χ1n) is 8.91. The third-order valence-corrected chi connectivity index (χ3v) is 4.71. The Morgan fingerprint density at radius 3 is 2.71 bits per heavy atom. The minimum absolute atomic E-state index is 0.210. The molecule has 0 aliphatic carbocycles. The van der Waals surface area contributed by atoms with E-state index in [1.807, 2.05) is 31.7 Å². The summed E-state index contributed by atoms with van der Waals surface area (Å²) in [6.45, 7) is 12.2. The number of hydrogen-bond donors (Lipinski definition) is 1. The molecule has 1 N–H and O–H groups in total. The first kappa shape index (κ1) is 16.9. The quantitative estimate of drug-likeness (QED) is 0.846. The Balaban J connectivity index is 1.85. The summed E-state index contributed by atoms with van der Waals surface area (Å²) in [5.41, 5.74) is 6.11. The number of benzene rings is 1. The van der Waals surface area contributed by atoms with Gasteiger partial charge in [-0.1, -0.05) is 18.7 Å². The summed E-state index contributed by atoms with van der Waals surface area (Å²) in [6, 6.07) is 2.34. The molecule has 1 aromatic carbocycles. The van der Waals surface area contributed by atoms with Crippen molar-refractivity contribution in [2.45, 2.75) is 52.1 Å². The van der Waals surface area contributed by atoms with Gasteiger partial charge in [-0.2, -0.15) is 0 Å². The van der Waals surface area contributed by atoms with Crippen LogP contribution in [0.1, 0.15) is 49.4 Å². The van der Waals surface area contributed by atoms with Crippen LogP contribution < -0.4 is 5.32 Å². The number of ether oxygens (including phenoxy) is 1. The largest absolute Gasteiger partial charge is 0.444 e. The van der Waals surface area contributed by atoms with E-state index in [1.165, 1.54) is 34.4 Å². The van der Waals surface area contributed by atoms with E-state index in [1.54, 1.807) is 0 Å². The molecule has 0 saturated heterocycles. The lowest BCUT2D eigenvalue weighted by Crippen LogP contribution is -2.38. The lowest BCUT2D eigenvalue weighted by atomic mass is 9.89. The highest BCUT2D eigenvalue weighted by Gasteiger charge is 2.26. The minimum Gasteiger partial charge on any atom is -0.444 e. The lowest BCUT2D eigenvalue weighted by Gasteiger charge is -2.26. The molecule has 0 atom stereocenters. The molecule has 4 heteroatoms. The van der Waals surface area contributed by atoms with Gasteiger partial charge >= 0.3 is 6.09 Å². The van der Waals surface area contributed by atoms with E-state index in [9.17, 15) is 4.79 Å². The van der Waals surface area contributed by atoms with Crippen LogP contribution in [-0.2, 0) is 24.0 Å². The van der Waals surface area contributed by atoms with Gasteiger partial charge in [-0.15, -0.1) is 0 Å². The fraction of sp³-hybridized carbons (Fsp3) is 0.550. The van der Waals surface area contributed by atoms with Gasteiger partial charge in [0, 0.05) is 30.9 Å². The van der Waals surface area contributed by atoms with Gasteiger partial charge in [0.25, 0.3) is 0 Å². The van der Waals surface area contributed by atoms with E-state index in [0.717, 1.165) is 25.8 Å². The number of hydrogen-bond acceptors (Lipinski definition) is 3. The molecule has 1 aromatic rings. The van der Waals surface area contributed by atoms with Gasteiger partial charge in [-0.05, 0) is 63.1 Å². The highest BCUT2D eigenvalue weighted by Crippen LogP contribution is 2.34. The molecule has 0 radical (unpaired) electrons. The number of carbonyl (C=O) groups is 1. The van der Waals surface area contributed by atoms with Crippen LogP contribution in [0.15, 0.2) is 12.6 Å². The number of fused-ring (bicyclic) bond motifs is 2. The van der Waals surface area contributed by atoms with E-state index < -0.39 is 5.60 Å². The smallest absolute Gasteiger partial charge is 0.410 e. The van der Waals surface area contributed by atoms with Crippen LogP contribution in [0, 0.1) is 0 Å². The van der Waals surface area contributed by atoms with Crippen LogP contribution in [0.25, 0.3) is 6.08 Å². The monoisotopic (exact) mass is 328 g/mol. The highest BCUT2D eigenvalue weighted by molar-refractivity contribution is 5.75. The van der Waals surface area contributed by atoms with E-state index in [-0.39, 0.29) is 6.09 Å². The van der Waals surface area contributed by atoms with Crippen molar-refractivity contribution in [3.05, 3.63) is 34.9 Å². The predicted octanol–water partition coefficient (Wildman–Crippen LogP) is 4.02. The first-order chi connectivity index (χ1) is 11.4. The fourth-order valence-corrected chi connectivity index (χ4v) is 3.63. The number of carbonyl (C=O) groups excluding carboxylic acids is 1. The third kappa shape index (κ3) is 3.42. The van der Waals surface area contributed by atoms with Crippen molar-refractivity contribution >= 4 is 17.9 Å². The molecule has 0 aromatic heterocycles. The average molecular weight is 328 g/mol. The van der Waals surface area contributed by atoms with Crippen LogP contribution in [0.4, 0.5) is 10.5 Å². The van der Waals surface area contributed by atoms with Crippen molar-refractivity contribution in [3.8, 4) is 0 Å². The van der Waals surface area contributed by atoms with Crippen LogP contribution in [0.2, 0.25) is 0 Å². The summed E-state index contributed by atoms with van der Waals surface area (Å²) in [5, 5.41) is 3.54. The molecule has 2 heterocycles. The molecular weight excluding hydrogens is 300 g/mol. The number of nitrogens with zero attached hydrogens (tertiary/aromatic N) is 1. The van der Waals surface area contributed by atoms with Gasteiger partial charge in [0.05, 0.1) is 0 Å². The van der Waals surface area contributed by atoms with Crippen molar-refractivity contribution < 1.29 is 9.53 Å². The molecule has 2 aliphatic heterocycles. The van der Waals surface area contributed by atoms with Gasteiger partial charge in [0.1, 0.15) is 5.60 Å². The standard InChI is InChI=1S/C20H28N2O2/c1-5-16-17-9-12-22(19(23)24-20(2,3)4)11-8-14(17)13-15-7-6-10-21-18(15)16/h5,13,21H,1,6-12H2,2-4H3. The number of rotatable bonds is 1. The summed E-state index contributed by atoms with van der Waals surface area (Å²) in [6.07, 6.45) is 5.78. The first-order valence-corrected chi connectivity index (χ1v) is 8.91. The molecule has 130 valence electrons. The Hall–Kier alpha value is -1.97. The SMILES string of the molecule is C=Cc1c2c(cc3c1NCCC3)CCN(C(=O)OC(C)(C)C)CC2. The summed E-state index contributed by atoms with van der Waals surface area (Å²) >= 11 is 0. The number of aryl methyl sites for hydroxylation is 1. The molecule has 4 nitrogen and oxygen atoms in total. The molecule has 0 unspecified atom stereocenters. The molecule has 0 spiro atoms. The Labute approximate surface area is 144 Å². The van der Waals surface area contributed by atoms with Crippen molar-refractivity contribution in [1.82, 2.24) is 4.90 Å². The number of nitrogens with one attached hydrogen (secondary N) is 1. The maximum Gasteiger partial charge on any atom is 0.410 e. The van der Waals surface area contributed by atoms with Crippen molar-refractivity contribution in [3.63, 3.8) is 0 Å². The zero-order valence-electron chi connectivity index (χ0n) is 15.1. The van der Waals surface area contributed by atoms with Gasteiger partial charge in [-0.3, -0.25) is 0 Å². The highest BCUT2D eigenvalue weighted by atomic mass is 16.6. The summed E-state index contributed by atoms with van der Waals surface area (Å²) in [7, 11) is 0. The zero-order chi connectivity index (χ0) is 17.3. The molecule has 3 rings (SSSR count). The lowest BCUT2D eigenvalue weighted by molar-refractivity contribution is 0.0258. The Morgan fingerprint density at radius 1 is 1.25 bits per heavy atom. The predicted molar refractivity (Wildman–Crippen MR) is 98.6 cm³/mol. The summed E-state index contributed by atoms with van der Waals surface area (Å²) in [5.74, 6) is 0. The number of amides is 1. The average Bonchev–Trinajstić information content (AvgIpc) is 2.73. The fourth-order valence-electron chi connectivity index (χ4n) is 3.63. The Kier molecular flexibility index (Phi) is 4.57. The molecule has 1 amide bonds. The van der Waals surface area contributed by atoms with Crippen molar-refractivity contribution in [1.29, 1.82) is 0 Å². The van der Waals surface area contributed by atoms with Crippen LogP contribution in [-0.4, -0.2) is 36.2 Å². The number of anilines is 1. The molecule has 0 bridgehead atoms. The summed E-state index contributed by atoms with van der Waals surface area (Å²) < 4.78 is 5.54. The maximum absolute atomic E-state index is 12.4. The van der Waals surface area contributed by atoms with Crippen molar-refractivity contribution in [2.24, 2.45) is 0 Å². The second kappa shape index (κ2) is 6.50. The van der Waals surface area contributed by atoms with E-state index in [0.29, 0.717) is 13.1 Å². The topological polar surface area (TPSA) is 41.6 Å². The molecular formula is C20H28N2O2. The third-order valence-electron chi connectivity index (χ3n) is 4.71. The van der Waals surface area contributed by atoms with Crippen LogP contribution in [0.3, 0.4) is 0 Å². The molecule has 0 fully saturated rings. The molecule has 0 saturated carbocycles. The normalized spacial score (nSPS) is 17.2. The Morgan fingerprint density at radius 2 is 2.00 bits per heavy atom. The minimum atomic E-state index is -0.453. The van der Waals surface area contributed by atoms with E-state index >= 15 is 0 Å².